The van der Waals surface area contributed by atoms with E-state index in [2.05, 4.69) is 20.6 Å². The fourth-order valence-electron chi connectivity index (χ4n) is 3.88. The van der Waals surface area contributed by atoms with Crippen molar-refractivity contribution in [3.63, 3.8) is 0 Å². The Morgan fingerprint density at radius 2 is 1.77 bits per heavy atom. The summed E-state index contributed by atoms with van der Waals surface area (Å²) < 4.78 is 13.9. The lowest BCUT2D eigenvalue weighted by molar-refractivity contribution is -0.148. The summed E-state index contributed by atoms with van der Waals surface area (Å²) in [6.45, 7) is 0.0626. The Morgan fingerprint density at radius 1 is 1.10 bits per heavy atom. The van der Waals surface area contributed by atoms with Crippen molar-refractivity contribution in [1.82, 2.24) is 19.9 Å². The number of aliphatic imine (C=N–C) groups is 1. The van der Waals surface area contributed by atoms with Crippen LogP contribution in [0.3, 0.4) is 0 Å². The minimum atomic E-state index is -1.60. The molecule has 2 rings (SSSR count). The molecule has 1 aromatic heterocycles. The molecule has 39 heavy (non-hydrogen) atoms. The summed E-state index contributed by atoms with van der Waals surface area (Å²) >= 11 is 0. The number of nitrogens with zero attached hydrogens (tertiary/aromatic N) is 6. The van der Waals surface area contributed by atoms with Gasteiger partial charge in [-0.3, -0.25) is 9.18 Å². The van der Waals surface area contributed by atoms with E-state index in [0.717, 1.165) is 16.3 Å². The first-order valence-electron chi connectivity index (χ1n) is 12.2. The third-order valence-electron chi connectivity index (χ3n) is 5.78. The Hall–Kier alpha value is -4.74. The van der Waals surface area contributed by atoms with E-state index < -0.39 is 55.5 Å². The second-order valence-electron chi connectivity index (χ2n) is 8.53. The van der Waals surface area contributed by atoms with Crippen LogP contribution in [0.2, 0.25) is 0 Å². The number of alkyl halides is 1. The Morgan fingerprint density at radius 3 is 2.36 bits per heavy atom. The molecular weight excluding hydrogens is 515 g/mol. The molecule has 0 fully saturated rings. The molecule has 0 spiro atoms. The van der Waals surface area contributed by atoms with E-state index in [1.807, 2.05) is 24.3 Å². The number of unbranched alkanes of at least 4 members (excludes halogenated alkanes) is 1. The Bertz CT molecular complexity index is 1180. The van der Waals surface area contributed by atoms with E-state index in [9.17, 15) is 29.0 Å². The molecule has 0 aliphatic carbocycles. The van der Waals surface area contributed by atoms with Crippen molar-refractivity contribution >= 4 is 29.6 Å². The summed E-state index contributed by atoms with van der Waals surface area (Å²) in [6.07, 6.45) is 3.92. The number of benzene rings is 1. The van der Waals surface area contributed by atoms with Gasteiger partial charge in [0, 0.05) is 18.7 Å². The SMILES string of the molecule is N#CN=C(N)N([C@@H](CCCCNc1ccc(-n2cc(CCCF)nn2)cc1)C(=O)O)[C@@H](CCC(=O)O)C(=O)O. The standard InChI is InChI=1S/C24H31FN8O6/c25-12-3-4-17-14-32(31-30-17)18-8-6-16(7-9-18)28-13-2-1-5-19(22(36)37)33(24(27)29-15-26)20(23(38)39)10-11-21(34)35/h6-9,14,19-20,28H,1-5,10-13H2,(H2,27,29)(H,34,35)(H,36,37)(H,38,39)/t19-,20-/m0/s1. The van der Waals surface area contributed by atoms with E-state index >= 15 is 0 Å². The van der Waals surface area contributed by atoms with Crippen LogP contribution in [0, 0.1) is 11.5 Å². The summed E-state index contributed by atoms with van der Waals surface area (Å²) in [5.41, 5.74) is 8.01. The molecule has 1 aromatic carbocycles. The molecule has 2 atom stereocenters. The first-order valence-corrected chi connectivity index (χ1v) is 12.2. The van der Waals surface area contributed by atoms with Crippen molar-refractivity contribution in [3.8, 4) is 11.9 Å². The fourth-order valence-corrected chi connectivity index (χ4v) is 3.88. The summed E-state index contributed by atoms with van der Waals surface area (Å²) in [5, 5.41) is 48.5. The number of halogens is 1. The van der Waals surface area contributed by atoms with Gasteiger partial charge in [-0.15, -0.1) is 10.1 Å². The van der Waals surface area contributed by atoms with Gasteiger partial charge in [0.2, 0.25) is 12.2 Å². The van der Waals surface area contributed by atoms with Crippen LogP contribution in [0.5, 0.6) is 0 Å². The first-order chi connectivity index (χ1) is 18.7. The second kappa shape index (κ2) is 15.5. The van der Waals surface area contributed by atoms with Gasteiger partial charge < -0.3 is 31.3 Å². The number of aliphatic carboxylic acids is 3. The maximum Gasteiger partial charge on any atom is 0.326 e. The lowest BCUT2D eigenvalue weighted by Gasteiger charge is -2.34. The largest absolute Gasteiger partial charge is 0.481 e. The molecule has 0 unspecified atom stereocenters. The number of carboxylic acids is 3. The van der Waals surface area contributed by atoms with E-state index in [0.29, 0.717) is 37.9 Å². The zero-order valence-corrected chi connectivity index (χ0v) is 21.1. The third-order valence-corrected chi connectivity index (χ3v) is 5.78. The van der Waals surface area contributed by atoms with Crippen LogP contribution < -0.4 is 11.1 Å². The van der Waals surface area contributed by atoms with Crippen molar-refractivity contribution < 1.29 is 34.1 Å². The van der Waals surface area contributed by atoms with Crippen molar-refractivity contribution in [2.75, 3.05) is 18.5 Å². The average molecular weight is 547 g/mol. The molecule has 1 heterocycles. The predicted molar refractivity (Wildman–Crippen MR) is 137 cm³/mol. The molecule has 0 saturated carbocycles. The summed E-state index contributed by atoms with van der Waals surface area (Å²) in [5.74, 6) is -4.73. The smallest absolute Gasteiger partial charge is 0.326 e. The van der Waals surface area contributed by atoms with Gasteiger partial charge >= 0.3 is 17.9 Å². The molecule has 0 aliphatic rings. The highest BCUT2D eigenvalue weighted by molar-refractivity contribution is 5.90. The molecule has 2 aromatic rings. The number of rotatable bonds is 17. The number of nitrogens with one attached hydrogen (secondary N) is 1. The molecule has 210 valence electrons. The van der Waals surface area contributed by atoms with Crippen LogP contribution in [-0.4, -0.2) is 84.4 Å². The van der Waals surface area contributed by atoms with Crippen molar-refractivity contribution in [3.05, 3.63) is 36.2 Å². The highest BCUT2D eigenvalue weighted by Gasteiger charge is 2.37. The Kier molecular flexibility index (Phi) is 12.1. The van der Waals surface area contributed by atoms with Crippen LogP contribution in [0.4, 0.5) is 10.1 Å². The van der Waals surface area contributed by atoms with E-state index in [-0.39, 0.29) is 6.42 Å². The summed E-state index contributed by atoms with van der Waals surface area (Å²) in [4.78, 5) is 38.9. The number of aryl methyl sites for hydroxylation is 1. The Balaban J connectivity index is 1.97. The number of hydrogen-bond donors (Lipinski definition) is 5. The average Bonchev–Trinajstić information content (AvgIpc) is 3.37. The van der Waals surface area contributed by atoms with Gasteiger partial charge in [-0.05, 0) is 62.8 Å². The summed E-state index contributed by atoms with van der Waals surface area (Å²) in [7, 11) is 0. The van der Waals surface area contributed by atoms with Gasteiger partial charge in [0.05, 0.1) is 24.3 Å². The van der Waals surface area contributed by atoms with Crippen LogP contribution >= 0.6 is 0 Å². The van der Waals surface area contributed by atoms with Crippen LogP contribution in [0.15, 0.2) is 35.5 Å². The maximum absolute atomic E-state index is 12.3. The zero-order valence-electron chi connectivity index (χ0n) is 21.1. The topological polar surface area (TPSA) is 220 Å². The van der Waals surface area contributed by atoms with Crippen LogP contribution in [-0.2, 0) is 20.8 Å². The molecule has 0 aliphatic heterocycles. The van der Waals surface area contributed by atoms with Gasteiger partial charge in [-0.1, -0.05) is 5.21 Å². The summed E-state index contributed by atoms with van der Waals surface area (Å²) in [6, 6.07) is 4.29. The number of hydrogen-bond acceptors (Lipinski definition) is 8. The van der Waals surface area contributed by atoms with Crippen molar-refractivity contribution in [2.45, 2.75) is 57.0 Å². The van der Waals surface area contributed by atoms with Gasteiger partial charge in [-0.2, -0.15) is 5.26 Å². The molecule has 15 heteroatoms. The monoisotopic (exact) mass is 546 g/mol. The van der Waals surface area contributed by atoms with Gasteiger partial charge in [0.25, 0.3) is 0 Å². The molecule has 0 bridgehead atoms. The predicted octanol–water partition coefficient (Wildman–Crippen LogP) is 1.62. The van der Waals surface area contributed by atoms with Crippen molar-refractivity contribution in [1.29, 1.82) is 5.26 Å². The number of carbonyl (C=O) groups is 3. The Labute approximate surface area is 223 Å². The van der Waals surface area contributed by atoms with Gasteiger partial charge in [0.15, 0.2) is 0 Å². The first kappa shape index (κ1) is 30.5. The van der Waals surface area contributed by atoms with E-state index in [4.69, 9.17) is 16.1 Å². The third kappa shape index (κ3) is 9.58. The molecule has 0 radical (unpaired) electrons. The molecule has 6 N–H and O–H groups in total. The highest BCUT2D eigenvalue weighted by Crippen LogP contribution is 2.18. The van der Waals surface area contributed by atoms with Crippen LogP contribution in [0.25, 0.3) is 5.69 Å². The van der Waals surface area contributed by atoms with Gasteiger partial charge in [0.1, 0.15) is 12.1 Å². The minimum Gasteiger partial charge on any atom is -0.481 e. The number of carboxylic acid groups (broad SMARTS) is 3. The lowest BCUT2D eigenvalue weighted by Crippen LogP contribution is -2.56. The molecular formula is C24H31FN8O6. The van der Waals surface area contributed by atoms with E-state index in [1.54, 1.807) is 10.9 Å². The fraction of sp³-hybridized carbons (Fsp3) is 0.458. The number of nitrogens with two attached hydrogens (primary N) is 1. The van der Waals surface area contributed by atoms with Gasteiger partial charge in [-0.25, -0.2) is 14.3 Å². The minimum absolute atomic E-state index is 0.0223. The molecule has 0 amide bonds. The molecule has 14 nitrogen and oxygen atoms in total. The number of aromatic nitrogens is 3. The normalized spacial score (nSPS) is 12.8. The highest BCUT2D eigenvalue weighted by atomic mass is 19.1. The van der Waals surface area contributed by atoms with Crippen molar-refractivity contribution in [2.24, 2.45) is 10.7 Å². The maximum atomic E-state index is 12.3. The number of guanidine groups is 1. The lowest BCUT2D eigenvalue weighted by atomic mass is 10.0. The van der Waals surface area contributed by atoms with Crippen LogP contribution in [0.1, 0.15) is 44.2 Å². The quantitative estimate of drug-likeness (QED) is 0.0827. The van der Waals surface area contributed by atoms with E-state index in [1.165, 1.54) is 6.19 Å². The zero-order chi connectivity index (χ0) is 28.8. The number of nitriles is 1. The molecule has 0 saturated heterocycles. The second-order valence-corrected chi connectivity index (χ2v) is 8.53. The number of anilines is 1.